The number of carbonyl (C=O) groups is 2. The number of unbranched alkanes of at least 4 members (excludes halogenated alkanes) is 22. The van der Waals surface area contributed by atoms with E-state index in [0.29, 0.717) is 0 Å². The molecule has 0 amide bonds. The Morgan fingerprint density at radius 1 is 0.390 bits per heavy atom. The molecule has 0 N–H and O–H groups in total. The van der Waals surface area contributed by atoms with Gasteiger partial charge in [0.25, 0.3) is 0 Å². The monoisotopic (exact) mass is 618 g/mol. The van der Waals surface area contributed by atoms with Gasteiger partial charge in [-0.15, -0.1) is 0 Å². The average molecular weight is 619 g/mol. The molecule has 0 rings (SSSR count). The molecule has 5 heteroatoms. The van der Waals surface area contributed by atoms with Crippen molar-refractivity contribution in [3.63, 3.8) is 0 Å². The molecule has 0 saturated heterocycles. The van der Waals surface area contributed by atoms with Crippen molar-refractivity contribution in [3.05, 3.63) is 24.3 Å². The Bertz CT molecular complexity index is 524. The van der Waals surface area contributed by atoms with Crippen molar-refractivity contribution in [2.75, 3.05) is 0 Å². The minimum atomic E-state index is -0.911. The van der Waals surface area contributed by atoms with Crippen LogP contribution in [0.15, 0.2) is 24.3 Å². The van der Waals surface area contributed by atoms with E-state index in [9.17, 15) is 19.8 Å². The molecule has 0 saturated carbocycles. The standard InChI is InChI=1S/2C18H34O2.Fe/c2*1-2-3-4-5-6-7-8-9-10-11-12-13-14-15-16-17-18(19)20;/h2*7-8H,2-6,9-17H2,1H3,(H,19,20);/q;;+2/p-2/b2*8-7-;. The fourth-order valence-electron chi connectivity index (χ4n) is 4.68. The zero-order valence-electron chi connectivity index (χ0n) is 27.1. The Hall–Kier alpha value is -1.06. The van der Waals surface area contributed by atoms with Crippen LogP contribution in [0.4, 0.5) is 0 Å². The maximum absolute atomic E-state index is 10.2. The van der Waals surface area contributed by atoms with Gasteiger partial charge in [-0.05, 0) is 77.0 Å². The first-order chi connectivity index (χ1) is 19.5. The van der Waals surface area contributed by atoms with E-state index < -0.39 is 11.9 Å². The number of carboxylic acids is 2. The van der Waals surface area contributed by atoms with Crippen LogP contribution >= 0.6 is 0 Å². The molecule has 0 spiro atoms. The summed E-state index contributed by atoms with van der Waals surface area (Å²) in [7, 11) is 0. The van der Waals surface area contributed by atoms with Crippen molar-refractivity contribution in [2.24, 2.45) is 0 Å². The Labute approximate surface area is 266 Å². The van der Waals surface area contributed by atoms with Gasteiger partial charge < -0.3 is 19.8 Å². The molecule has 0 heterocycles. The number of rotatable bonds is 30. The fraction of sp³-hybridized carbons (Fsp3) is 0.833. The third-order valence-electron chi connectivity index (χ3n) is 7.29. The summed E-state index contributed by atoms with van der Waals surface area (Å²) in [6.07, 6.45) is 41.8. The Kier molecular flexibility index (Phi) is 44.5. The Balaban J connectivity index is -0.000000688. The van der Waals surface area contributed by atoms with Crippen LogP contribution in [0.5, 0.6) is 0 Å². The SMILES string of the molecule is CCCCCC/C=C\CCCCCCCCCC(=O)[O-].CCCCCC/C=C\CCCCCCCCCC(=O)[O-].[Fe+2]. The number of carboxylic acid groups (broad SMARTS) is 2. The van der Waals surface area contributed by atoms with E-state index in [-0.39, 0.29) is 29.9 Å². The van der Waals surface area contributed by atoms with Crippen LogP contribution in [0.2, 0.25) is 0 Å². The molecule has 0 aromatic heterocycles. The molecule has 0 bridgehead atoms. The minimum absolute atomic E-state index is 0. The van der Waals surface area contributed by atoms with Crippen LogP contribution in [0.1, 0.15) is 194 Å². The Morgan fingerprint density at radius 2 is 0.610 bits per heavy atom. The zero-order chi connectivity index (χ0) is 29.8. The number of hydrogen-bond acceptors (Lipinski definition) is 4. The predicted octanol–water partition coefficient (Wildman–Crippen LogP) is 9.55. The van der Waals surface area contributed by atoms with Gasteiger partial charge in [0.05, 0.1) is 0 Å². The first-order valence-electron chi connectivity index (χ1n) is 17.2. The molecule has 0 aliphatic carbocycles. The molecule has 0 aromatic carbocycles. The van der Waals surface area contributed by atoms with Gasteiger partial charge in [0.15, 0.2) is 0 Å². The molecule has 0 aliphatic rings. The van der Waals surface area contributed by atoms with Crippen molar-refractivity contribution in [3.8, 4) is 0 Å². The van der Waals surface area contributed by atoms with E-state index in [1.807, 2.05) is 0 Å². The molecular formula is C36H66FeO4. The second-order valence-corrected chi connectivity index (χ2v) is 11.4. The summed E-state index contributed by atoms with van der Waals surface area (Å²) in [4.78, 5) is 20.4. The summed E-state index contributed by atoms with van der Waals surface area (Å²) in [6, 6.07) is 0. The van der Waals surface area contributed by atoms with Crippen molar-refractivity contribution in [1.82, 2.24) is 0 Å². The number of hydrogen-bond donors (Lipinski definition) is 0. The summed E-state index contributed by atoms with van der Waals surface area (Å²) in [5.74, 6) is -1.82. The molecule has 0 aromatic rings. The second kappa shape index (κ2) is 41.1. The third kappa shape index (κ3) is 49.0. The first kappa shape index (κ1) is 44.4. The molecule has 0 radical (unpaired) electrons. The molecule has 41 heavy (non-hydrogen) atoms. The van der Waals surface area contributed by atoms with Gasteiger partial charge in [0.1, 0.15) is 0 Å². The maximum Gasteiger partial charge on any atom is 2.00 e. The van der Waals surface area contributed by atoms with Crippen molar-refractivity contribution < 1.29 is 36.9 Å². The van der Waals surface area contributed by atoms with Gasteiger partial charge in [0.2, 0.25) is 0 Å². The van der Waals surface area contributed by atoms with E-state index in [2.05, 4.69) is 38.2 Å². The average Bonchev–Trinajstić information content (AvgIpc) is 2.93. The summed E-state index contributed by atoms with van der Waals surface area (Å²) >= 11 is 0. The van der Waals surface area contributed by atoms with Gasteiger partial charge >= 0.3 is 17.1 Å². The quantitative estimate of drug-likeness (QED) is 0.0456. The number of aliphatic carboxylic acids is 2. The van der Waals surface area contributed by atoms with Crippen LogP contribution < -0.4 is 10.2 Å². The van der Waals surface area contributed by atoms with Crippen molar-refractivity contribution >= 4 is 11.9 Å². The molecule has 242 valence electrons. The fourth-order valence-corrected chi connectivity index (χ4v) is 4.68. The molecule has 4 nitrogen and oxygen atoms in total. The third-order valence-corrected chi connectivity index (χ3v) is 7.29. The van der Waals surface area contributed by atoms with Crippen molar-refractivity contribution in [1.29, 1.82) is 0 Å². The Morgan fingerprint density at radius 3 is 0.854 bits per heavy atom. The van der Waals surface area contributed by atoms with E-state index in [1.54, 1.807) is 0 Å². The van der Waals surface area contributed by atoms with E-state index in [4.69, 9.17) is 0 Å². The summed E-state index contributed by atoms with van der Waals surface area (Å²) in [5.41, 5.74) is 0. The number of allylic oxidation sites excluding steroid dienone is 4. The van der Waals surface area contributed by atoms with E-state index in [0.717, 1.165) is 25.7 Å². The van der Waals surface area contributed by atoms with Crippen LogP contribution in [-0.2, 0) is 26.7 Å². The first-order valence-corrected chi connectivity index (χ1v) is 17.2. The van der Waals surface area contributed by atoms with Crippen LogP contribution in [0.3, 0.4) is 0 Å². The van der Waals surface area contributed by atoms with Gasteiger partial charge in [0, 0.05) is 11.9 Å². The summed E-state index contributed by atoms with van der Waals surface area (Å²) in [5, 5.41) is 20.4. The van der Waals surface area contributed by atoms with Crippen LogP contribution in [0, 0.1) is 0 Å². The minimum Gasteiger partial charge on any atom is -0.550 e. The molecule has 0 atom stereocenters. The molecule has 0 unspecified atom stereocenters. The second-order valence-electron chi connectivity index (χ2n) is 11.4. The topological polar surface area (TPSA) is 80.3 Å². The van der Waals surface area contributed by atoms with Crippen molar-refractivity contribution in [2.45, 2.75) is 194 Å². The normalized spacial score (nSPS) is 11.0. The van der Waals surface area contributed by atoms with Gasteiger partial charge in [-0.1, -0.05) is 141 Å². The van der Waals surface area contributed by atoms with Gasteiger partial charge in [-0.2, -0.15) is 0 Å². The van der Waals surface area contributed by atoms with Gasteiger partial charge in [-0.3, -0.25) is 0 Å². The summed E-state index contributed by atoms with van der Waals surface area (Å²) < 4.78 is 0. The molecular weight excluding hydrogens is 552 g/mol. The largest absolute Gasteiger partial charge is 2.00 e. The smallest absolute Gasteiger partial charge is 0.550 e. The van der Waals surface area contributed by atoms with E-state index in [1.165, 1.54) is 141 Å². The molecule has 0 fully saturated rings. The predicted molar refractivity (Wildman–Crippen MR) is 169 cm³/mol. The van der Waals surface area contributed by atoms with Crippen LogP contribution in [0.25, 0.3) is 0 Å². The maximum atomic E-state index is 10.2. The van der Waals surface area contributed by atoms with Gasteiger partial charge in [-0.25, -0.2) is 0 Å². The molecule has 0 aliphatic heterocycles. The van der Waals surface area contributed by atoms with E-state index >= 15 is 0 Å². The number of carbonyl (C=O) groups excluding carboxylic acids is 2. The zero-order valence-corrected chi connectivity index (χ0v) is 28.2. The summed E-state index contributed by atoms with van der Waals surface area (Å²) in [6.45, 7) is 4.50. The van der Waals surface area contributed by atoms with Crippen LogP contribution in [-0.4, -0.2) is 11.9 Å².